The van der Waals surface area contributed by atoms with E-state index in [0.717, 1.165) is 19.1 Å². The van der Waals surface area contributed by atoms with Gasteiger partial charge >= 0.3 is 0 Å². The molecule has 3 heteroatoms. The van der Waals surface area contributed by atoms with Gasteiger partial charge in [-0.15, -0.1) is 0 Å². The zero-order chi connectivity index (χ0) is 14.5. The van der Waals surface area contributed by atoms with Crippen LogP contribution in [0.1, 0.15) is 50.5 Å². The smallest absolute Gasteiger partial charge is 0.123 e. The van der Waals surface area contributed by atoms with Crippen LogP contribution in [-0.2, 0) is 6.54 Å². The van der Waals surface area contributed by atoms with Crippen LogP contribution < -0.4 is 5.32 Å². The summed E-state index contributed by atoms with van der Waals surface area (Å²) in [6.45, 7) is 3.25. The highest BCUT2D eigenvalue weighted by molar-refractivity contribution is 5.16. The van der Waals surface area contributed by atoms with Crippen LogP contribution in [0.3, 0.4) is 0 Å². The van der Waals surface area contributed by atoms with Gasteiger partial charge in [0.2, 0.25) is 0 Å². The van der Waals surface area contributed by atoms with Crippen LogP contribution in [0, 0.1) is 5.82 Å². The summed E-state index contributed by atoms with van der Waals surface area (Å²) < 4.78 is 13.0. The minimum absolute atomic E-state index is 0.144. The van der Waals surface area contributed by atoms with Crippen molar-refractivity contribution in [1.29, 1.82) is 0 Å². The molecule has 0 amide bonds. The summed E-state index contributed by atoms with van der Waals surface area (Å²) in [5, 5.41) is 3.88. The fourth-order valence-corrected chi connectivity index (χ4v) is 3.79. The lowest BCUT2D eigenvalue weighted by atomic mass is 9.93. The normalized spacial score (nSPS) is 25.1. The van der Waals surface area contributed by atoms with Gasteiger partial charge in [-0.3, -0.25) is 4.90 Å². The van der Waals surface area contributed by atoms with E-state index in [-0.39, 0.29) is 5.82 Å². The molecule has 2 fully saturated rings. The SMILES string of the molecule is Fc1ccc(CN2CCCC(NC3CCCCC3)C2)cc1. The highest BCUT2D eigenvalue weighted by atomic mass is 19.1. The molecule has 0 spiro atoms. The largest absolute Gasteiger partial charge is 0.310 e. The minimum atomic E-state index is -0.144. The second-order valence-electron chi connectivity index (χ2n) is 6.70. The Morgan fingerprint density at radius 2 is 1.67 bits per heavy atom. The fraction of sp³-hybridized carbons (Fsp3) is 0.667. The molecular formula is C18H27FN2. The molecular weight excluding hydrogens is 263 g/mol. The molecule has 1 saturated heterocycles. The molecule has 1 aromatic carbocycles. The van der Waals surface area contributed by atoms with Gasteiger partial charge in [0.1, 0.15) is 5.82 Å². The lowest BCUT2D eigenvalue weighted by Gasteiger charge is -2.36. The van der Waals surface area contributed by atoms with Gasteiger partial charge in [0.05, 0.1) is 0 Å². The number of hydrogen-bond acceptors (Lipinski definition) is 2. The van der Waals surface area contributed by atoms with Gasteiger partial charge in [0, 0.05) is 25.2 Å². The summed E-state index contributed by atoms with van der Waals surface area (Å²) in [6.07, 6.45) is 9.48. The van der Waals surface area contributed by atoms with Gasteiger partial charge in [0.15, 0.2) is 0 Å². The van der Waals surface area contributed by atoms with E-state index in [9.17, 15) is 4.39 Å². The van der Waals surface area contributed by atoms with E-state index in [0.29, 0.717) is 6.04 Å². The fourth-order valence-electron chi connectivity index (χ4n) is 3.79. The first kappa shape index (κ1) is 15.0. The topological polar surface area (TPSA) is 15.3 Å². The van der Waals surface area contributed by atoms with Crippen LogP contribution in [0.2, 0.25) is 0 Å². The monoisotopic (exact) mass is 290 g/mol. The second kappa shape index (κ2) is 7.37. The predicted molar refractivity (Wildman–Crippen MR) is 84.7 cm³/mol. The van der Waals surface area contributed by atoms with E-state index < -0.39 is 0 Å². The molecule has 3 rings (SSSR count). The Morgan fingerprint density at radius 1 is 0.952 bits per heavy atom. The van der Waals surface area contributed by atoms with Crippen molar-refractivity contribution < 1.29 is 4.39 Å². The van der Waals surface area contributed by atoms with Crippen molar-refractivity contribution in [3.05, 3.63) is 35.6 Å². The van der Waals surface area contributed by atoms with Crippen LogP contribution in [0.5, 0.6) is 0 Å². The molecule has 1 aliphatic heterocycles. The third-order valence-electron chi connectivity index (χ3n) is 4.90. The first-order chi connectivity index (χ1) is 10.3. The van der Waals surface area contributed by atoms with Crippen molar-refractivity contribution in [3.8, 4) is 0 Å². The first-order valence-corrected chi connectivity index (χ1v) is 8.52. The maximum atomic E-state index is 13.0. The Labute approximate surface area is 127 Å². The van der Waals surface area contributed by atoms with Crippen LogP contribution >= 0.6 is 0 Å². The molecule has 1 atom stereocenters. The van der Waals surface area contributed by atoms with E-state index in [1.54, 1.807) is 12.1 Å². The molecule has 2 nitrogen and oxygen atoms in total. The Bertz CT molecular complexity index is 425. The van der Waals surface area contributed by atoms with Gasteiger partial charge < -0.3 is 5.32 Å². The number of halogens is 1. The molecule has 2 aliphatic rings. The van der Waals surface area contributed by atoms with Crippen LogP contribution in [0.25, 0.3) is 0 Å². The molecule has 1 aromatic rings. The Morgan fingerprint density at radius 3 is 2.43 bits per heavy atom. The van der Waals surface area contributed by atoms with E-state index in [1.165, 1.54) is 57.1 Å². The summed E-state index contributed by atoms with van der Waals surface area (Å²) in [7, 11) is 0. The summed E-state index contributed by atoms with van der Waals surface area (Å²) in [5.74, 6) is -0.144. The van der Waals surface area contributed by atoms with Crippen molar-refractivity contribution in [2.75, 3.05) is 13.1 Å². The zero-order valence-electron chi connectivity index (χ0n) is 12.9. The number of piperidine rings is 1. The molecule has 0 bridgehead atoms. The minimum Gasteiger partial charge on any atom is -0.310 e. The molecule has 21 heavy (non-hydrogen) atoms. The molecule has 1 saturated carbocycles. The number of benzene rings is 1. The average Bonchev–Trinajstić information content (AvgIpc) is 2.51. The van der Waals surface area contributed by atoms with E-state index in [2.05, 4.69) is 10.2 Å². The number of rotatable bonds is 4. The van der Waals surface area contributed by atoms with Gasteiger partial charge in [-0.1, -0.05) is 31.4 Å². The number of nitrogens with zero attached hydrogens (tertiary/aromatic N) is 1. The van der Waals surface area contributed by atoms with Crippen molar-refractivity contribution in [2.45, 2.75) is 63.6 Å². The third-order valence-corrected chi connectivity index (χ3v) is 4.90. The van der Waals surface area contributed by atoms with E-state index in [1.807, 2.05) is 12.1 Å². The summed E-state index contributed by atoms with van der Waals surface area (Å²) in [4.78, 5) is 2.51. The highest BCUT2D eigenvalue weighted by Crippen LogP contribution is 2.20. The molecule has 1 heterocycles. The summed E-state index contributed by atoms with van der Waals surface area (Å²) in [6, 6.07) is 8.34. The van der Waals surface area contributed by atoms with Crippen molar-refractivity contribution in [1.82, 2.24) is 10.2 Å². The van der Waals surface area contributed by atoms with Gasteiger partial charge in [-0.2, -0.15) is 0 Å². The van der Waals surface area contributed by atoms with Crippen molar-refractivity contribution >= 4 is 0 Å². The molecule has 1 aliphatic carbocycles. The lowest BCUT2D eigenvalue weighted by Crippen LogP contribution is -2.49. The van der Waals surface area contributed by atoms with Crippen LogP contribution in [0.4, 0.5) is 4.39 Å². The predicted octanol–water partition coefficient (Wildman–Crippen LogP) is 3.71. The lowest BCUT2D eigenvalue weighted by molar-refractivity contribution is 0.169. The number of hydrogen-bond donors (Lipinski definition) is 1. The molecule has 116 valence electrons. The van der Waals surface area contributed by atoms with Crippen LogP contribution in [-0.4, -0.2) is 30.1 Å². The maximum Gasteiger partial charge on any atom is 0.123 e. The number of nitrogens with one attached hydrogen (secondary N) is 1. The Balaban J connectivity index is 1.49. The maximum absolute atomic E-state index is 13.0. The van der Waals surface area contributed by atoms with Gasteiger partial charge in [0.25, 0.3) is 0 Å². The van der Waals surface area contributed by atoms with E-state index in [4.69, 9.17) is 0 Å². The molecule has 1 N–H and O–H groups in total. The Kier molecular flexibility index (Phi) is 5.26. The quantitative estimate of drug-likeness (QED) is 0.909. The zero-order valence-corrected chi connectivity index (χ0v) is 12.9. The van der Waals surface area contributed by atoms with Gasteiger partial charge in [-0.25, -0.2) is 4.39 Å². The van der Waals surface area contributed by atoms with Gasteiger partial charge in [-0.05, 0) is 49.9 Å². The Hall–Kier alpha value is -0.930. The van der Waals surface area contributed by atoms with Crippen molar-refractivity contribution in [2.24, 2.45) is 0 Å². The standard InChI is InChI=1S/C18H27FN2/c19-16-10-8-15(9-11-16)13-21-12-4-7-18(14-21)20-17-5-2-1-3-6-17/h8-11,17-18,20H,1-7,12-14H2. The average molecular weight is 290 g/mol. The van der Waals surface area contributed by atoms with Crippen LogP contribution in [0.15, 0.2) is 24.3 Å². The van der Waals surface area contributed by atoms with Crippen molar-refractivity contribution in [3.63, 3.8) is 0 Å². The molecule has 0 radical (unpaired) electrons. The van der Waals surface area contributed by atoms with E-state index >= 15 is 0 Å². The first-order valence-electron chi connectivity index (χ1n) is 8.52. The highest BCUT2D eigenvalue weighted by Gasteiger charge is 2.23. The second-order valence-corrected chi connectivity index (χ2v) is 6.70. The molecule has 0 aromatic heterocycles. The number of likely N-dealkylation sites (tertiary alicyclic amines) is 1. The summed E-state index contributed by atoms with van der Waals surface area (Å²) in [5.41, 5.74) is 1.22. The molecule has 1 unspecified atom stereocenters. The third kappa shape index (κ3) is 4.52. The summed E-state index contributed by atoms with van der Waals surface area (Å²) >= 11 is 0.